The van der Waals surface area contributed by atoms with E-state index in [9.17, 15) is 4.79 Å². The number of carbonyl (C=O) groups excluding carboxylic acids is 1. The van der Waals surface area contributed by atoms with Gasteiger partial charge in [0, 0.05) is 19.1 Å². The van der Waals surface area contributed by atoms with E-state index < -0.39 is 0 Å². The van der Waals surface area contributed by atoms with E-state index in [0.717, 1.165) is 32.5 Å². The van der Waals surface area contributed by atoms with Gasteiger partial charge in [-0.2, -0.15) is 5.10 Å². The second-order valence-corrected chi connectivity index (χ2v) is 6.63. The van der Waals surface area contributed by atoms with Crippen molar-refractivity contribution in [2.45, 2.75) is 45.3 Å². The third kappa shape index (κ3) is 4.89. The Bertz CT molecular complexity index is 643. The van der Waals surface area contributed by atoms with E-state index >= 15 is 0 Å². The number of hydrogen-bond acceptors (Lipinski definition) is 4. The summed E-state index contributed by atoms with van der Waals surface area (Å²) in [6, 6.07) is 10.5. The fourth-order valence-electron chi connectivity index (χ4n) is 3.47. The van der Waals surface area contributed by atoms with Gasteiger partial charge < -0.3 is 4.90 Å². The van der Waals surface area contributed by atoms with Crippen LogP contribution in [0.5, 0.6) is 0 Å². The summed E-state index contributed by atoms with van der Waals surface area (Å²) in [5.74, 6) is 0.205. The van der Waals surface area contributed by atoms with Crippen LogP contribution in [0.3, 0.4) is 0 Å². The van der Waals surface area contributed by atoms with E-state index in [2.05, 4.69) is 27.1 Å². The molecule has 0 spiro atoms. The summed E-state index contributed by atoms with van der Waals surface area (Å²) >= 11 is 0. The van der Waals surface area contributed by atoms with Gasteiger partial charge in [0.25, 0.3) is 0 Å². The molecule has 0 aliphatic carbocycles. The zero-order valence-electron chi connectivity index (χ0n) is 14.9. The Morgan fingerprint density at radius 3 is 2.84 bits per heavy atom. The molecule has 1 unspecified atom stereocenters. The van der Waals surface area contributed by atoms with Gasteiger partial charge in [-0.3, -0.25) is 14.4 Å². The van der Waals surface area contributed by atoms with Crippen molar-refractivity contribution < 1.29 is 4.79 Å². The van der Waals surface area contributed by atoms with Crippen molar-refractivity contribution >= 4 is 5.91 Å². The van der Waals surface area contributed by atoms with Gasteiger partial charge in [-0.25, -0.2) is 4.98 Å². The molecular formula is C19H27N5O. The van der Waals surface area contributed by atoms with Crippen molar-refractivity contribution in [3.8, 4) is 0 Å². The highest BCUT2D eigenvalue weighted by atomic mass is 16.2. The average Bonchev–Trinajstić information content (AvgIpc) is 3.15. The number of likely N-dealkylation sites (N-methyl/N-ethyl adjacent to an activating group) is 1. The smallest absolute Gasteiger partial charge is 0.237 e. The molecule has 1 aromatic heterocycles. The maximum absolute atomic E-state index is 12.8. The maximum Gasteiger partial charge on any atom is 0.237 e. The Hall–Kier alpha value is -2.21. The average molecular weight is 341 g/mol. The van der Waals surface area contributed by atoms with Gasteiger partial charge in [0.2, 0.25) is 5.91 Å². The van der Waals surface area contributed by atoms with Crippen LogP contribution < -0.4 is 0 Å². The van der Waals surface area contributed by atoms with E-state index in [1.165, 1.54) is 12.0 Å². The molecule has 0 radical (unpaired) electrons. The number of amides is 1. The first-order valence-electron chi connectivity index (χ1n) is 9.14. The number of likely N-dealkylation sites (tertiary alicyclic amines) is 1. The molecule has 1 amide bonds. The van der Waals surface area contributed by atoms with Crippen LogP contribution in [-0.2, 0) is 17.9 Å². The molecule has 0 N–H and O–H groups in total. The van der Waals surface area contributed by atoms with Gasteiger partial charge in [0.15, 0.2) is 0 Å². The molecule has 1 aromatic carbocycles. The van der Waals surface area contributed by atoms with Crippen molar-refractivity contribution in [1.82, 2.24) is 24.6 Å². The Morgan fingerprint density at radius 2 is 2.12 bits per heavy atom. The molecule has 0 saturated carbocycles. The Labute approximate surface area is 149 Å². The zero-order chi connectivity index (χ0) is 17.5. The van der Waals surface area contributed by atoms with Crippen molar-refractivity contribution in [2.24, 2.45) is 0 Å². The third-order valence-electron chi connectivity index (χ3n) is 4.90. The van der Waals surface area contributed by atoms with Crippen molar-refractivity contribution in [3.05, 3.63) is 48.5 Å². The monoisotopic (exact) mass is 341 g/mol. The third-order valence-corrected chi connectivity index (χ3v) is 4.90. The minimum Gasteiger partial charge on any atom is -0.338 e. The van der Waals surface area contributed by atoms with Gasteiger partial charge in [-0.15, -0.1) is 0 Å². The van der Waals surface area contributed by atoms with Crippen LogP contribution in [0.1, 0.15) is 31.7 Å². The SMILES string of the molecule is CCN(Cc1ccccc1)C(=O)CN1CCCCC1Cn1cncn1. The molecule has 1 atom stereocenters. The van der Waals surface area contributed by atoms with E-state index in [1.807, 2.05) is 34.7 Å². The maximum atomic E-state index is 12.8. The number of aromatic nitrogens is 3. The van der Waals surface area contributed by atoms with Crippen molar-refractivity contribution in [3.63, 3.8) is 0 Å². The topological polar surface area (TPSA) is 54.3 Å². The molecule has 6 heteroatoms. The first-order valence-corrected chi connectivity index (χ1v) is 9.14. The van der Waals surface area contributed by atoms with E-state index in [4.69, 9.17) is 0 Å². The summed E-state index contributed by atoms with van der Waals surface area (Å²) in [7, 11) is 0. The Kier molecular flexibility index (Phi) is 6.17. The van der Waals surface area contributed by atoms with E-state index in [0.29, 0.717) is 19.1 Å². The molecule has 3 rings (SSSR count). The second kappa shape index (κ2) is 8.76. The highest BCUT2D eigenvalue weighted by Gasteiger charge is 2.26. The molecule has 25 heavy (non-hydrogen) atoms. The Morgan fingerprint density at radius 1 is 1.28 bits per heavy atom. The van der Waals surface area contributed by atoms with E-state index in [-0.39, 0.29) is 5.91 Å². The molecule has 2 heterocycles. The molecule has 6 nitrogen and oxygen atoms in total. The van der Waals surface area contributed by atoms with Crippen molar-refractivity contribution in [1.29, 1.82) is 0 Å². The first kappa shape index (κ1) is 17.6. The fraction of sp³-hybridized carbons (Fsp3) is 0.526. The minimum atomic E-state index is 0.205. The number of carbonyl (C=O) groups is 1. The molecular weight excluding hydrogens is 314 g/mol. The lowest BCUT2D eigenvalue weighted by Crippen LogP contribution is -2.48. The lowest BCUT2D eigenvalue weighted by Gasteiger charge is -2.36. The lowest BCUT2D eigenvalue weighted by atomic mass is 10.0. The zero-order valence-corrected chi connectivity index (χ0v) is 14.9. The predicted octanol–water partition coefficient (Wildman–Crippen LogP) is 2.18. The lowest BCUT2D eigenvalue weighted by molar-refractivity contribution is -0.133. The summed E-state index contributed by atoms with van der Waals surface area (Å²) in [5.41, 5.74) is 1.18. The minimum absolute atomic E-state index is 0.205. The number of benzene rings is 1. The molecule has 1 saturated heterocycles. The Balaban J connectivity index is 1.60. The van der Waals surface area contributed by atoms with Gasteiger partial charge in [0.05, 0.1) is 13.1 Å². The van der Waals surface area contributed by atoms with Gasteiger partial charge in [-0.1, -0.05) is 36.8 Å². The molecule has 1 aliphatic heterocycles. The summed E-state index contributed by atoms with van der Waals surface area (Å²) in [5, 5.41) is 4.21. The van der Waals surface area contributed by atoms with Crippen LogP contribution in [0.2, 0.25) is 0 Å². The van der Waals surface area contributed by atoms with Crippen LogP contribution in [0.15, 0.2) is 43.0 Å². The molecule has 0 bridgehead atoms. The van der Waals surface area contributed by atoms with Crippen LogP contribution in [0.4, 0.5) is 0 Å². The standard InChI is InChI=1S/C19H27N5O/c1-2-22(12-17-8-4-3-5-9-17)19(25)14-23-11-7-6-10-18(23)13-24-16-20-15-21-24/h3-5,8-9,15-16,18H,2,6-7,10-14H2,1H3. The summed E-state index contributed by atoms with van der Waals surface area (Å²) in [4.78, 5) is 21.1. The quantitative estimate of drug-likeness (QED) is 0.775. The summed E-state index contributed by atoms with van der Waals surface area (Å²) in [6.45, 7) is 5.73. The van der Waals surface area contributed by atoms with Crippen molar-refractivity contribution in [2.75, 3.05) is 19.6 Å². The summed E-state index contributed by atoms with van der Waals surface area (Å²) < 4.78 is 1.87. The molecule has 134 valence electrons. The molecule has 1 fully saturated rings. The van der Waals surface area contributed by atoms with Crippen LogP contribution >= 0.6 is 0 Å². The normalized spacial score (nSPS) is 18.2. The van der Waals surface area contributed by atoms with Crippen LogP contribution in [-0.4, -0.2) is 56.1 Å². The molecule has 1 aliphatic rings. The number of nitrogens with zero attached hydrogens (tertiary/aromatic N) is 5. The van der Waals surface area contributed by atoms with E-state index in [1.54, 1.807) is 12.7 Å². The van der Waals surface area contributed by atoms with Gasteiger partial charge in [-0.05, 0) is 31.9 Å². The van der Waals surface area contributed by atoms with Crippen LogP contribution in [0.25, 0.3) is 0 Å². The highest BCUT2D eigenvalue weighted by Crippen LogP contribution is 2.18. The number of hydrogen-bond donors (Lipinski definition) is 0. The number of rotatable bonds is 7. The number of piperidine rings is 1. The highest BCUT2D eigenvalue weighted by molar-refractivity contribution is 5.78. The predicted molar refractivity (Wildman–Crippen MR) is 96.8 cm³/mol. The fourth-order valence-corrected chi connectivity index (χ4v) is 3.47. The largest absolute Gasteiger partial charge is 0.338 e. The van der Waals surface area contributed by atoms with Gasteiger partial charge >= 0.3 is 0 Å². The first-order chi connectivity index (χ1) is 12.3. The van der Waals surface area contributed by atoms with Gasteiger partial charge in [0.1, 0.15) is 12.7 Å². The van der Waals surface area contributed by atoms with Crippen LogP contribution in [0, 0.1) is 0 Å². The second-order valence-electron chi connectivity index (χ2n) is 6.63. The summed E-state index contributed by atoms with van der Waals surface area (Å²) in [6.07, 6.45) is 6.80. The molecule has 2 aromatic rings.